The molecule has 7 heteroatoms. The van der Waals surface area contributed by atoms with Crippen LogP contribution in [0.4, 0.5) is 0 Å². The first-order valence-corrected chi connectivity index (χ1v) is 7.62. The van der Waals surface area contributed by atoms with Crippen molar-refractivity contribution in [1.29, 1.82) is 0 Å². The Kier molecular flexibility index (Phi) is 4.10. The molecule has 1 unspecified atom stereocenters. The zero-order valence-corrected chi connectivity index (χ0v) is 12.8. The van der Waals surface area contributed by atoms with Gasteiger partial charge in [-0.25, -0.2) is 4.79 Å². The van der Waals surface area contributed by atoms with E-state index in [1.54, 1.807) is 12.1 Å². The highest BCUT2D eigenvalue weighted by Gasteiger charge is 2.21. The molecule has 0 spiro atoms. The van der Waals surface area contributed by atoms with Gasteiger partial charge in [0.1, 0.15) is 5.82 Å². The van der Waals surface area contributed by atoms with Gasteiger partial charge in [-0.15, -0.1) is 10.2 Å². The lowest BCUT2D eigenvalue weighted by atomic mass is 10.1. The number of carbonyl (C=O) groups excluding carboxylic acids is 1. The molecule has 1 aromatic carbocycles. The van der Waals surface area contributed by atoms with E-state index in [4.69, 9.17) is 5.11 Å². The van der Waals surface area contributed by atoms with Crippen LogP contribution in [0.3, 0.4) is 0 Å². The average molecular weight is 314 g/mol. The molecule has 1 aliphatic heterocycles. The summed E-state index contributed by atoms with van der Waals surface area (Å²) in [7, 11) is 0. The van der Waals surface area contributed by atoms with Crippen LogP contribution in [0.2, 0.25) is 0 Å². The predicted molar refractivity (Wildman–Crippen MR) is 82.2 cm³/mol. The number of hydrogen-bond donors (Lipinski definition) is 2. The van der Waals surface area contributed by atoms with E-state index < -0.39 is 5.97 Å². The van der Waals surface area contributed by atoms with Crippen LogP contribution < -0.4 is 5.32 Å². The maximum Gasteiger partial charge on any atom is 0.335 e. The van der Waals surface area contributed by atoms with Crippen molar-refractivity contribution in [2.45, 2.75) is 38.8 Å². The molecule has 7 nitrogen and oxygen atoms in total. The van der Waals surface area contributed by atoms with Gasteiger partial charge in [0.25, 0.3) is 5.91 Å². The Hall–Kier alpha value is -2.70. The second kappa shape index (κ2) is 6.20. The smallest absolute Gasteiger partial charge is 0.335 e. The Bertz CT molecular complexity index is 754. The molecule has 1 aliphatic rings. The van der Waals surface area contributed by atoms with Crippen molar-refractivity contribution in [3.8, 4) is 0 Å². The van der Waals surface area contributed by atoms with Crippen LogP contribution in [0, 0.1) is 0 Å². The molecule has 1 atom stereocenters. The van der Waals surface area contributed by atoms with Crippen LogP contribution in [0.25, 0.3) is 0 Å². The second-order valence-electron chi connectivity index (χ2n) is 5.66. The van der Waals surface area contributed by atoms with Crippen LogP contribution in [0.5, 0.6) is 0 Å². The van der Waals surface area contributed by atoms with Gasteiger partial charge in [0.05, 0.1) is 11.6 Å². The van der Waals surface area contributed by atoms with Crippen molar-refractivity contribution in [2.75, 3.05) is 0 Å². The Morgan fingerprint density at radius 1 is 1.26 bits per heavy atom. The van der Waals surface area contributed by atoms with Gasteiger partial charge in [-0.3, -0.25) is 4.79 Å². The highest BCUT2D eigenvalue weighted by Crippen LogP contribution is 2.19. The van der Waals surface area contributed by atoms with E-state index in [2.05, 4.69) is 20.1 Å². The van der Waals surface area contributed by atoms with Crippen LogP contribution in [0.1, 0.15) is 58.2 Å². The minimum absolute atomic E-state index is 0.0881. The standard InChI is InChI=1S/C16H18N4O3/c1-10(14-19-18-13-7-2-3-8-20(13)14)17-15(21)11-5-4-6-12(9-11)16(22)23/h4-6,9-10H,2-3,7-8H2,1H3,(H,17,21)(H,22,23). The summed E-state index contributed by atoms with van der Waals surface area (Å²) in [5, 5.41) is 20.2. The van der Waals surface area contributed by atoms with Gasteiger partial charge in [0.15, 0.2) is 5.82 Å². The molecule has 1 amide bonds. The number of aromatic carboxylic acids is 1. The summed E-state index contributed by atoms with van der Waals surface area (Å²) in [4.78, 5) is 23.3. The third-order valence-corrected chi connectivity index (χ3v) is 3.99. The van der Waals surface area contributed by atoms with E-state index in [1.165, 1.54) is 12.1 Å². The molecule has 0 saturated carbocycles. The number of aromatic nitrogens is 3. The summed E-state index contributed by atoms with van der Waals surface area (Å²) in [5.41, 5.74) is 0.403. The van der Waals surface area contributed by atoms with Crippen molar-refractivity contribution in [3.63, 3.8) is 0 Å². The van der Waals surface area contributed by atoms with Gasteiger partial charge in [0, 0.05) is 18.5 Å². The molecule has 0 saturated heterocycles. The third-order valence-electron chi connectivity index (χ3n) is 3.99. The summed E-state index contributed by atoms with van der Waals surface area (Å²) in [6, 6.07) is 5.67. The largest absolute Gasteiger partial charge is 0.478 e. The second-order valence-corrected chi connectivity index (χ2v) is 5.66. The number of nitrogens with zero attached hydrogens (tertiary/aromatic N) is 3. The monoisotopic (exact) mass is 314 g/mol. The average Bonchev–Trinajstić information content (AvgIpc) is 2.99. The first kappa shape index (κ1) is 15.2. The maximum absolute atomic E-state index is 12.3. The van der Waals surface area contributed by atoms with Crippen molar-refractivity contribution in [1.82, 2.24) is 20.1 Å². The van der Waals surface area contributed by atoms with Crippen LogP contribution in [0.15, 0.2) is 24.3 Å². The first-order valence-electron chi connectivity index (χ1n) is 7.62. The number of hydrogen-bond acceptors (Lipinski definition) is 4. The van der Waals surface area contributed by atoms with Crippen molar-refractivity contribution in [2.24, 2.45) is 0 Å². The molecule has 1 aromatic heterocycles. The van der Waals surface area contributed by atoms with E-state index in [-0.39, 0.29) is 17.5 Å². The van der Waals surface area contributed by atoms with Crippen molar-refractivity contribution >= 4 is 11.9 Å². The summed E-state index contributed by atoms with van der Waals surface area (Å²) in [5.74, 6) is 0.315. The number of nitrogens with one attached hydrogen (secondary N) is 1. The zero-order chi connectivity index (χ0) is 16.4. The molecule has 23 heavy (non-hydrogen) atoms. The molecular weight excluding hydrogens is 296 g/mol. The van der Waals surface area contributed by atoms with Gasteiger partial charge in [-0.2, -0.15) is 0 Å². The normalized spacial score (nSPS) is 14.8. The molecule has 2 aromatic rings. The Morgan fingerprint density at radius 2 is 2.04 bits per heavy atom. The first-order chi connectivity index (χ1) is 11.1. The molecule has 3 rings (SSSR count). The SMILES string of the molecule is CC(NC(=O)c1cccc(C(=O)O)c1)c1nnc2n1CCCC2. The molecular formula is C16H18N4O3. The van der Waals surface area contributed by atoms with Gasteiger partial charge < -0.3 is 15.0 Å². The fourth-order valence-electron chi connectivity index (χ4n) is 2.79. The third kappa shape index (κ3) is 3.08. The van der Waals surface area contributed by atoms with Crippen LogP contribution in [-0.4, -0.2) is 31.7 Å². The Labute approximate surface area is 133 Å². The van der Waals surface area contributed by atoms with E-state index >= 15 is 0 Å². The molecule has 0 fully saturated rings. The molecule has 0 radical (unpaired) electrons. The number of carboxylic acids is 1. The zero-order valence-electron chi connectivity index (χ0n) is 12.8. The van der Waals surface area contributed by atoms with Gasteiger partial charge in [0.2, 0.25) is 0 Å². The minimum Gasteiger partial charge on any atom is -0.478 e. The number of rotatable bonds is 4. The maximum atomic E-state index is 12.3. The fraction of sp³-hybridized carbons (Fsp3) is 0.375. The number of carbonyl (C=O) groups is 2. The molecule has 2 N–H and O–H groups in total. The predicted octanol–water partition coefficient (Wildman–Crippen LogP) is 1.80. The highest BCUT2D eigenvalue weighted by molar-refractivity contribution is 5.97. The van der Waals surface area contributed by atoms with Crippen LogP contribution >= 0.6 is 0 Å². The lowest BCUT2D eigenvalue weighted by molar-refractivity contribution is 0.0697. The Balaban J connectivity index is 1.76. The number of aryl methyl sites for hydroxylation is 1. The molecule has 120 valence electrons. The van der Waals surface area contributed by atoms with E-state index in [1.807, 2.05) is 6.92 Å². The molecule has 2 heterocycles. The molecule has 0 bridgehead atoms. The summed E-state index contributed by atoms with van der Waals surface area (Å²) < 4.78 is 2.06. The van der Waals surface area contributed by atoms with Gasteiger partial charge in [-0.05, 0) is 38.0 Å². The lowest BCUT2D eigenvalue weighted by Gasteiger charge is -2.18. The quantitative estimate of drug-likeness (QED) is 0.897. The van der Waals surface area contributed by atoms with E-state index in [0.29, 0.717) is 5.56 Å². The van der Waals surface area contributed by atoms with Crippen LogP contribution in [-0.2, 0) is 13.0 Å². The lowest BCUT2D eigenvalue weighted by Crippen LogP contribution is -2.29. The number of amides is 1. The van der Waals surface area contributed by atoms with Crippen molar-refractivity contribution in [3.05, 3.63) is 47.0 Å². The summed E-state index contributed by atoms with van der Waals surface area (Å²) in [6.45, 7) is 2.72. The van der Waals surface area contributed by atoms with E-state index in [9.17, 15) is 9.59 Å². The number of fused-ring (bicyclic) bond motifs is 1. The topological polar surface area (TPSA) is 97.1 Å². The minimum atomic E-state index is -1.06. The van der Waals surface area contributed by atoms with Crippen molar-refractivity contribution < 1.29 is 14.7 Å². The van der Waals surface area contributed by atoms with Gasteiger partial charge in [-0.1, -0.05) is 6.07 Å². The Morgan fingerprint density at radius 3 is 2.83 bits per heavy atom. The van der Waals surface area contributed by atoms with Gasteiger partial charge >= 0.3 is 5.97 Å². The number of benzene rings is 1. The highest BCUT2D eigenvalue weighted by atomic mass is 16.4. The summed E-state index contributed by atoms with van der Waals surface area (Å²) >= 11 is 0. The molecule has 0 aliphatic carbocycles. The fourth-order valence-corrected chi connectivity index (χ4v) is 2.79. The number of carboxylic acid groups (broad SMARTS) is 1. The summed E-state index contributed by atoms with van der Waals surface area (Å²) in [6.07, 6.45) is 3.11. The van der Waals surface area contributed by atoms with E-state index in [0.717, 1.165) is 37.5 Å².